The number of pyridine rings is 1. The summed E-state index contributed by atoms with van der Waals surface area (Å²) in [7, 11) is 1.87. The molecule has 2 saturated heterocycles. The van der Waals surface area contributed by atoms with Crippen LogP contribution in [-0.4, -0.2) is 61.2 Å². The molecular formula is C23H37N3O. The van der Waals surface area contributed by atoms with Crippen LogP contribution in [0.1, 0.15) is 50.6 Å². The van der Waals surface area contributed by atoms with Crippen LogP contribution >= 0.6 is 0 Å². The molecule has 1 spiro atoms. The lowest BCUT2D eigenvalue weighted by molar-refractivity contribution is 0.0307. The summed E-state index contributed by atoms with van der Waals surface area (Å²) in [5.74, 6) is 1.63. The topological polar surface area (TPSA) is 28.6 Å². The van der Waals surface area contributed by atoms with Crippen LogP contribution in [0.25, 0.3) is 0 Å². The minimum atomic E-state index is 0.452. The average molecular weight is 372 g/mol. The molecule has 1 aliphatic carbocycles. The van der Waals surface area contributed by atoms with E-state index < -0.39 is 0 Å². The van der Waals surface area contributed by atoms with E-state index in [4.69, 9.17) is 4.74 Å². The van der Waals surface area contributed by atoms with E-state index in [-0.39, 0.29) is 0 Å². The monoisotopic (exact) mass is 371 g/mol. The van der Waals surface area contributed by atoms with Crippen LogP contribution in [0, 0.1) is 17.3 Å². The van der Waals surface area contributed by atoms with Gasteiger partial charge in [-0.2, -0.15) is 0 Å². The van der Waals surface area contributed by atoms with Gasteiger partial charge >= 0.3 is 0 Å². The average Bonchev–Trinajstić information content (AvgIpc) is 3.02. The number of methoxy groups -OCH3 is 1. The molecule has 27 heavy (non-hydrogen) atoms. The fraction of sp³-hybridized carbons (Fsp3) is 0.783. The van der Waals surface area contributed by atoms with Gasteiger partial charge in [0.15, 0.2) is 0 Å². The zero-order chi connectivity index (χ0) is 18.5. The number of aromatic nitrogens is 1. The van der Waals surface area contributed by atoms with Crippen LogP contribution < -0.4 is 0 Å². The van der Waals surface area contributed by atoms with E-state index in [0.717, 1.165) is 25.6 Å². The lowest BCUT2D eigenvalue weighted by Gasteiger charge is -2.43. The SMILES string of the molecule is COCC1CN(Cc2ccccn2)CC12CCN(CC1CCCCC1)CC2. The van der Waals surface area contributed by atoms with Crippen molar-refractivity contribution in [1.29, 1.82) is 0 Å². The van der Waals surface area contributed by atoms with Crippen molar-refractivity contribution < 1.29 is 4.74 Å². The summed E-state index contributed by atoms with van der Waals surface area (Å²) in [5.41, 5.74) is 1.65. The van der Waals surface area contributed by atoms with Crippen molar-refractivity contribution in [1.82, 2.24) is 14.8 Å². The van der Waals surface area contributed by atoms with Crippen molar-refractivity contribution in [3.05, 3.63) is 30.1 Å². The number of rotatable bonds is 6. The van der Waals surface area contributed by atoms with Gasteiger partial charge in [-0.25, -0.2) is 0 Å². The van der Waals surface area contributed by atoms with Crippen molar-refractivity contribution in [3.63, 3.8) is 0 Å². The molecule has 0 N–H and O–H groups in total. The number of ether oxygens (including phenoxy) is 1. The highest BCUT2D eigenvalue weighted by Crippen LogP contribution is 2.45. The quantitative estimate of drug-likeness (QED) is 0.760. The van der Waals surface area contributed by atoms with Crippen molar-refractivity contribution >= 4 is 0 Å². The number of hydrogen-bond donors (Lipinski definition) is 0. The second-order valence-electron chi connectivity index (χ2n) is 9.31. The molecule has 3 aliphatic rings. The van der Waals surface area contributed by atoms with Crippen LogP contribution in [0.5, 0.6) is 0 Å². The molecule has 1 unspecified atom stereocenters. The second kappa shape index (κ2) is 9.02. The maximum Gasteiger partial charge on any atom is 0.0543 e. The maximum atomic E-state index is 5.64. The molecule has 1 atom stereocenters. The van der Waals surface area contributed by atoms with Gasteiger partial charge in [-0.05, 0) is 62.2 Å². The van der Waals surface area contributed by atoms with E-state index in [2.05, 4.69) is 26.9 Å². The molecule has 4 nitrogen and oxygen atoms in total. The highest BCUT2D eigenvalue weighted by molar-refractivity contribution is 5.06. The van der Waals surface area contributed by atoms with Crippen molar-refractivity contribution in [2.24, 2.45) is 17.3 Å². The summed E-state index contributed by atoms with van der Waals surface area (Å²) in [6, 6.07) is 6.26. The van der Waals surface area contributed by atoms with E-state index in [1.807, 2.05) is 19.4 Å². The predicted molar refractivity (Wildman–Crippen MR) is 110 cm³/mol. The predicted octanol–water partition coefficient (Wildman–Crippen LogP) is 3.82. The minimum Gasteiger partial charge on any atom is -0.384 e. The molecule has 1 aromatic rings. The first-order valence-corrected chi connectivity index (χ1v) is 11.1. The number of piperidine rings is 1. The molecule has 0 amide bonds. The van der Waals surface area contributed by atoms with Crippen LogP contribution in [0.2, 0.25) is 0 Å². The van der Waals surface area contributed by atoms with Crippen molar-refractivity contribution in [2.45, 2.75) is 51.5 Å². The molecule has 3 fully saturated rings. The molecule has 0 aromatic carbocycles. The van der Waals surface area contributed by atoms with Crippen molar-refractivity contribution in [3.8, 4) is 0 Å². The fourth-order valence-electron chi connectivity index (χ4n) is 5.90. The van der Waals surface area contributed by atoms with Crippen LogP contribution in [0.4, 0.5) is 0 Å². The Balaban J connectivity index is 1.34. The molecule has 3 heterocycles. The van der Waals surface area contributed by atoms with Gasteiger partial charge in [-0.15, -0.1) is 0 Å². The third-order valence-corrected chi connectivity index (χ3v) is 7.46. The fourth-order valence-corrected chi connectivity index (χ4v) is 5.90. The second-order valence-corrected chi connectivity index (χ2v) is 9.31. The van der Waals surface area contributed by atoms with Gasteiger partial charge in [-0.3, -0.25) is 9.88 Å². The third kappa shape index (κ3) is 4.72. The highest BCUT2D eigenvalue weighted by Gasteiger charge is 2.47. The summed E-state index contributed by atoms with van der Waals surface area (Å²) in [5, 5.41) is 0. The van der Waals surface area contributed by atoms with Crippen LogP contribution in [-0.2, 0) is 11.3 Å². The van der Waals surface area contributed by atoms with Crippen LogP contribution in [0.3, 0.4) is 0 Å². The summed E-state index contributed by atoms with van der Waals surface area (Å²) >= 11 is 0. The smallest absolute Gasteiger partial charge is 0.0543 e. The van der Waals surface area contributed by atoms with Gasteiger partial charge in [-0.1, -0.05) is 25.3 Å². The van der Waals surface area contributed by atoms with E-state index in [1.54, 1.807) is 0 Å². The normalized spacial score (nSPS) is 27.4. The number of hydrogen-bond acceptors (Lipinski definition) is 4. The van der Waals surface area contributed by atoms with Gasteiger partial charge in [0, 0.05) is 45.4 Å². The van der Waals surface area contributed by atoms with Gasteiger partial charge in [0.25, 0.3) is 0 Å². The molecule has 4 heteroatoms. The van der Waals surface area contributed by atoms with Gasteiger partial charge < -0.3 is 9.64 Å². The Morgan fingerprint density at radius 1 is 1.11 bits per heavy atom. The molecule has 1 aromatic heterocycles. The Labute approximate surface area is 165 Å². The number of nitrogens with zero attached hydrogens (tertiary/aromatic N) is 3. The van der Waals surface area contributed by atoms with Crippen LogP contribution in [0.15, 0.2) is 24.4 Å². The van der Waals surface area contributed by atoms with E-state index in [9.17, 15) is 0 Å². The summed E-state index contributed by atoms with van der Waals surface area (Å²) in [4.78, 5) is 9.94. The molecule has 0 bridgehead atoms. The maximum absolute atomic E-state index is 5.64. The summed E-state index contributed by atoms with van der Waals surface area (Å²) in [6.45, 7) is 8.18. The standard InChI is InChI=1S/C23H37N3O/c1-27-18-21-16-26(17-22-9-5-6-12-24-22)19-23(21)10-13-25(14-11-23)15-20-7-3-2-4-8-20/h5-6,9,12,20-21H,2-4,7-8,10-11,13-19H2,1H3. The molecule has 1 saturated carbocycles. The highest BCUT2D eigenvalue weighted by atomic mass is 16.5. The number of likely N-dealkylation sites (tertiary alicyclic amines) is 2. The first-order valence-electron chi connectivity index (χ1n) is 11.1. The molecule has 150 valence electrons. The van der Waals surface area contributed by atoms with Gasteiger partial charge in [0.1, 0.15) is 0 Å². The Morgan fingerprint density at radius 2 is 1.93 bits per heavy atom. The first-order chi connectivity index (χ1) is 13.3. The van der Waals surface area contributed by atoms with E-state index >= 15 is 0 Å². The molecule has 0 radical (unpaired) electrons. The van der Waals surface area contributed by atoms with E-state index in [0.29, 0.717) is 11.3 Å². The first kappa shape index (κ1) is 19.4. The molecule has 2 aliphatic heterocycles. The Bertz CT molecular complexity index is 564. The Morgan fingerprint density at radius 3 is 2.63 bits per heavy atom. The molecule has 4 rings (SSSR count). The zero-order valence-electron chi connectivity index (χ0n) is 17.1. The van der Waals surface area contributed by atoms with Gasteiger partial charge in [0.05, 0.1) is 12.3 Å². The van der Waals surface area contributed by atoms with Crippen molar-refractivity contribution in [2.75, 3.05) is 46.4 Å². The Kier molecular flexibility index (Phi) is 6.46. The third-order valence-electron chi connectivity index (χ3n) is 7.46. The minimum absolute atomic E-state index is 0.452. The van der Waals surface area contributed by atoms with Gasteiger partial charge in [0.2, 0.25) is 0 Å². The lowest BCUT2D eigenvalue weighted by atomic mass is 9.71. The summed E-state index contributed by atoms with van der Waals surface area (Å²) < 4.78 is 5.64. The zero-order valence-corrected chi connectivity index (χ0v) is 17.1. The van der Waals surface area contributed by atoms with E-state index in [1.165, 1.54) is 76.8 Å². The largest absolute Gasteiger partial charge is 0.384 e. The summed E-state index contributed by atoms with van der Waals surface area (Å²) in [6.07, 6.45) is 11.9. The molecular weight excluding hydrogens is 334 g/mol. The Hall–Kier alpha value is -0.970. The lowest BCUT2D eigenvalue weighted by Crippen LogP contribution is -2.46.